The van der Waals surface area contributed by atoms with Crippen molar-refractivity contribution in [1.82, 2.24) is 5.01 Å². The van der Waals surface area contributed by atoms with Crippen LogP contribution in [-0.4, -0.2) is 29.8 Å². The zero-order valence-corrected chi connectivity index (χ0v) is 15.2. The molecule has 4 N–H and O–H groups in total. The van der Waals surface area contributed by atoms with E-state index in [1.807, 2.05) is 0 Å². The van der Waals surface area contributed by atoms with Gasteiger partial charge >= 0.3 is 12.6 Å². The minimum Gasteiger partial charge on any atom is -0.508 e. The number of aromatic hydroxyl groups is 1. The Morgan fingerprint density at radius 2 is 2.07 bits per heavy atom. The Balaban J connectivity index is 1.87. The zero-order valence-electron chi connectivity index (χ0n) is 15.2. The molecule has 0 unspecified atom stereocenters. The van der Waals surface area contributed by atoms with Crippen molar-refractivity contribution in [3.05, 3.63) is 47.5 Å². The molecule has 9 heteroatoms. The van der Waals surface area contributed by atoms with Crippen LogP contribution in [0.5, 0.6) is 17.2 Å². The molecule has 0 atom stereocenters. The topological polar surface area (TPSA) is 97.1 Å². The second-order valence-electron chi connectivity index (χ2n) is 6.49. The van der Waals surface area contributed by atoms with Gasteiger partial charge in [0.05, 0.1) is 11.3 Å². The summed E-state index contributed by atoms with van der Waals surface area (Å²) in [4.78, 5) is 11.9. The number of anilines is 1. The largest absolute Gasteiger partial charge is 0.508 e. The van der Waals surface area contributed by atoms with Gasteiger partial charge in [0.15, 0.2) is 0 Å². The minimum absolute atomic E-state index is 0.112. The number of carbonyl (C=O) groups excluding carboxylic acids is 1. The first-order valence-corrected chi connectivity index (χ1v) is 8.67. The molecule has 28 heavy (non-hydrogen) atoms. The number of hydrazine groups is 1. The summed E-state index contributed by atoms with van der Waals surface area (Å²) in [6.07, 6.45) is 1.99. The number of benzene rings is 2. The molecule has 0 bridgehead atoms. The van der Waals surface area contributed by atoms with Gasteiger partial charge in [-0.2, -0.15) is 8.78 Å². The van der Waals surface area contributed by atoms with Crippen LogP contribution in [0.15, 0.2) is 36.4 Å². The predicted octanol–water partition coefficient (Wildman–Crippen LogP) is 3.79. The van der Waals surface area contributed by atoms with Crippen molar-refractivity contribution < 1.29 is 28.2 Å². The SMILES string of the molecule is CN(N)C(=O)Nc1cccc(OC(F)F)c1COc1ccc(O)cc1C1CC1. The molecule has 0 aliphatic heterocycles. The molecule has 1 aliphatic carbocycles. The van der Waals surface area contributed by atoms with E-state index in [9.17, 15) is 18.7 Å². The Morgan fingerprint density at radius 1 is 1.32 bits per heavy atom. The fourth-order valence-electron chi connectivity index (χ4n) is 2.77. The van der Waals surface area contributed by atoms with Gasteiger partial charge < -0.3 is 19.9 Å². The van der Waals surface area contributed by atoms with Crippen LogP contribution < -0.4 is 20.6 Å². The third-order valence-corrected chi connectivity index (χ3v) is 4.29. The normalized spacial score (nSPS) is 13.3. The molecule has 2 amide bonds. The average molecular weight is 393 g/mol. The van der Waals surface area contributed by atoms with Crippen molar-refractivity contribution in [2.75, 3.05) is 12.4 Å². The second-order valence-corrected chi connectivity index (χ2v) is 6.49. The summed E-state index contributed by atoms with van der Waals surface area (Å²) in [6, 6.07) is 8.52. The highest BCUT2D eigenvalue weighted by Crippen LogP contribution is 2.45. The number of alkyl halides is 2. The van der Waals surface area contributed by atoms with Crippen LogP contribution >= 0.6 is 0 Å². The molecular weight excluding hydrogens is 372 g/mol. The first-order chi connectivity index (χ1) is 13.3. The number of phenolic OH excluding ortho intramolecular Hbond substituents is 1. The number of carbonyl (C=O) groups is 1. The van der Waals surface area contributed by atoms with Crippen molar-refractivity contribution >= 4 is 11.7 Å². The molecule has 2 aromatic carbocycles. The first kappa shape index (κ1) is 19.7. The first-order valence-electron chi connectivity index (χ1n) is 8.67. The summed E-state index contributed by atoms with van der Waals surface area (Å²) in [5.41, 5.74) is 1.35. The molecule has 7 nitrogen and oxygen atoms in total. The van der Waals surface area contributed by atoms with Crippen molar-refractivity contribution in [2.24, 2.45) is 5.84 Å². The molecule has 150 valence electrons. The average Bonchev–Trinajstić information content (AvgIpc) is 3.46. The number of hydrogen-bond donors (Lipinski definition) is 3. The van der Waals surface area contributed by atoms with Gasteiger partial charge in [-0.15, -0.1) is 0 Å². The van der Waals surface area contributed by atoms with Crippen LogP contribution in [0.4, 0.5) is 19.3 Å². The maximum Gasteiger partial charge on any atom is 0.387 e. The number of hydrogen-bond acceptors (Lipinski definition) is 5. The van der Waals surface area contributed by atoms with E-state index in [1.165, 1.54) is 31.3 Å². The highest BCUT2D eigenvalue weighted by atomic mass is 19.3. The number of rotatable bonds is 7. The van der Waals surface area contributed by atoms with E-state index in [-0.39, 0.29) is 29.4 Å². The lowest BCUT2D eigenvalue weighted by Crippen LogP contribution is -2.37. The zero-order chi connectivity index (χ0) is 20.3. The van der Waals surface area contributed by atoms with E-state index >= 15 is 0 Å². The van der Waals surface area contributed by atoms with Gasteiger partial charge in [-0.3, -0.25) is 5.01 Å². The van der Waals surface area contributed by atoms with E-state index in [4.69, 9.17) is 10.6 Å². The van der Waals surface area contributed by atoms with Gasteiger partial charge in [0.2, 0.25) is 0 Å². The quantitative estimate of drug-likeness (QED) is 0.378. The number of amides is 2. The van der Waals surface area contributed by atoms with E-state index in [2.05, 4.69) is 10.1 Å². The Bertz CT molecular complexity index is 857. The highest BCUT2D eigenvalue weighted by Gasteiger charge is 2.27. The van der Waals surface area contributed by atoms with Gasteiger partial charge in [-0.25, -0.2) is 10.6 Å². The smallest absolute Gasteiger partial charge is 0.387 e. The molecule has 0 radical (unpaired) electrons. The fraction of sp³-hybridized carbons (Fsp3) is 0.316. The summed E-state index contributed by atoms with van der Waals surface area (Å²) in [5, 5.41) is 13.1. The van der Waals surface area contributed by atoms with E-state index in [0.717, 1.165) is 23.4 Å². The number of ether oxygens (including phenoxy) is 2. The van der Waals surface area contributed by atoms with Gasteiger partial charge in [-0.05, 0) is 49.1 Å². The molecule has 0 heterocycles. The van der Waals surface area contributed by atoms with Crippen molar-refractivity contribution in [3.63, 3.8) is 0 Å². The van der Waals surface area contributed by atoms with Gasteiger partial charge in [0.1, 0.15) is 23.9 Å². The van der Waals surface area contributed by atoms with Crippen LogP contribution in [0.3, 0.4) is 0 Å². The summed E-state index contributed by atoms with van der Waals surface area (Å²) >= 11 is 0. The van der Waals surface area contributed by atoms with Crippen molar-refractivity contribution in [3.8, 4) is 17.2 Å². The monoisotopic (exact) mass is 393 g/mol. The number of halogens is 2. The third-order valence-electron chi connectivity index (χ3n) is 4.29. The summed E-state index contributed by atoms with van der Waals surface area (Å²) < 4.78 is 36.0. The number of nitrogens with zero attached hydrogens (tertiary/aromatic N) is 1. The molecule has 0 aromatic heterocycles. The van der Waals surface area contributed by atoms with Crippen molar-refractivity contribution in [2.45, 2.75) is 32.0 Å². The fourth-order valence-corrected chi connectivity index (χ4v) is 2.77. The molecule has 1 saturated carbocycles. The molecule has 1 fully saturated rings. The standard InChI is InChI=1S/C19H21F2N3O4/c1-24(22)19(26)23-15-3-2-4-17(28-18(20)21)14(15)10-27-16-8-7-12(25)9-13(16)11-5-6-11/h2-4,7-9,11,18,25H,5-6,10,22H2,1H3,(H,23,26). The molecular formula is C19H21F2N3O4. The molecule has 1 aliphatic rings. The Hall–Kier alpha value is -3.07. The van der Waals surface area contributed by atoms with Crippen LogP contribution in [0.2, 0.25) is 0 Å². The molecule has 3 rings (SSSR count). The van der Waals surface area contributed by atoms with E-state index < -0.39 is 12.6 Å². The van der Waals surface area contributed by atoms with Gasteiger partial charge in [0, 0.05) is 12.6 Å². The molecule has 2 aromatic rings. The van der Waals surface area contributed by atoms with Crippen molar-refractivity contribution in [1.29, 1.82) is 0 Å². The highest BCUT2D eigenvalue weighted by molar-refractivity contribution is 5.90. The van der Waals surface area contributed by atoms with Crippen LogP contribution in [0, 0.1) is 0 Å². The minimum atomic E-state index is -3.03. The Kier molecular flexibility index (Phi) is 5.84. The number of urea groups is 1. The lowest BCUT2D eigenvalue weighted by Gasteiger charge is -2.19. The predicted molar refractivity (Wildman–Crippen MR) is 98.5 cm³/mol. The molecule has 0 saturated heterocycles. The summed E-state index contributed by atoms with van der Waals surface area (Å²) in [7, 11) is 1.35. The van der Waals surface area contributed by atoms with Crippen LogP contribution in [-0.2, 0) is 6.61 Å². The third kappa shape index (κ3) is 4.80. The van der Waals surface area contributed by atoms with Crippen LogP contribution in [0.1, 0.15) is 29.9 Å². The molecule has 0 spiro atoms. The lowest BCUT2D eigenvalue weighted by molar-refractivity contribution is -0.0507. The Labute approximate surface area is 160 Å². The maximum atomic E-state index is 12.8. The number of phenols is 1. The summed E-state index contributed by atoms with van der Waals surface area (Å²) in [5.74, 6) is 6.28. The van der Waals surface area contributed by atoms with Crippen LogP contribution in [0.25, 0.3) is 0 Å². The maximum absolute atomic E-state index is 12.8. The van der Waals surface area contributed by atoms with Gasteiger partial charge in [-0.1, -0.05) is 6.07 Å². The number of nitrogens with one attached hydrogen (secondary N) is 1. The van der Waals surface area contributed by atoms with Gasteiger partial charge in [0.25, 0.3) is 0 Å². The summed E-state index contributed by atoms with van der Waals surface area (Å²) in [6.45, 7) is -3.16. The lowest BCUT2D eigenvalue weighted by atomic mass is 10.1. The van der Waals surface area contributed by atoms with E-state index in [0.29, 0.717) is 11.7 Å². The van der Waals surface area contributed by atoms with E-state index in [1.54, 1.807) is 12.1 Å². The Morgan fingerprint density at radius 3 is 2.71 bits per heavy atom. The second kappa shape index (κ2) is 8.30. The number of nitrogens with two attached hydrogens (primary N) is 1.